The number of esters is 3. The van der Waals surface area contributed by atoms with Gasteiger partial charge in [0.25, 0.3) is 0 Å². The van der Waals surface area contributed by atoms with Crippen LogP contribution in [0.4, 0.5) is 0 Å². The van der Waals surface area contributed by atoms with Crippen LogP contribution in [0.5, 0.6) is 0 Å². The summed E-state index contributed by atoms with van der Waals surface area (Å²) in [7, 11) is 0. The summed E-state index contributed by atoms with van der Waals surface area (Å²) in [5.41, 5.74) is 0. The molecule has 1 unspecified atom stereocenters. The first-order valence-corrected chi connectivity index (χ1v) is 31.2. The molecule has 0 spiro atoms. The first kappa shape index (κ1) is 71.5. The number of hydrogen-bond acceptors (Lipinski definition) is 6. The number of carbonyl (C=O) groups is 3. The second-order valence-electron chi connectivity index (χ2n) is 20.2. The average Bonchev–Trinajstić information content (AvgIpc) is 3.42. The van der Waals surface area contributed by atoms with Crippen LogP contribution in [0.2, 0.25) is 0 Å². The van der Waals surface area contributed by atoms with Crippen LogP contribution in [0, 0.1) is 0 Å². The van der Waals surface area contributed by atoms with Gasteiger partial charge in [-0.1, -0.05) is 264 Å². The molecular formula is C70H114O6. The molecule has 0 bridgehead atoms. The Labute approximate surface area is 468 Å². The van der Waals surface area contributed by atoms with Crippen molar-refractivity contribution in [3.05, 3.63) is 134 Å². The van der Waals surface area contributed by atoms with E-state index in [1.54, 1.807) is 0 Å². The Morgan fingerprint density at radius 1 is 0.276 bits per heavy atom. The molecule has 430 valence electrons. The molecule has 0 rings (SSSR count). The van der Waals surface area contributed by atoms with Gasteiger partial charge < -0.3 is 14.2 Å². The monoisotopic (exact) mass is 1050 g/mol. The second kappa shape index (κ2) is 63.1. The third-order valence-corrected chi connectivity index (χ3v) is 12.9. The standard InChI is InChI=1S/C70H114O6/c1-4-7-10-13-15-17-19-21-23-25-27-28-29-30-31-32-33-34-35-36-37-38-39-40-41-42-43-45-46-48-50-52-54-57-60-63-69(72)75-66-67(65-74-68(71)62-59-56-12-9-6-3)76-70(73)64-61-58-55-53-51-49-47-44-26-24-22-20-18-16-14-11-8-5-2/h7,10,15,17,21,23-24,26-28,30-31,33-34,36-37,39-40,42-43,46,48,67H,4-6,8-9,11-14,16,18-20,22,25,29,32,35,38,41,44-45,47,49-66H2,1-3H3/b10-7-,17-15-,23-21-,26-24-,28-27-,31-30-,34-33-,37-36-,40-39-,43-42-,48-46-. The summed E-state index contributed by atoms with van der Waals surface area (Å²) in [6.07, 6.45) is 89.3. The lowest BCUT2D eigenvalue weighted by molar-refractivity contribution is -0.167. The molecule has 0 aromatic carbocycles. The van der Waals surface area contributed by atoms with E-state index in [1.165, 1.54) is 83.5 Å². The highest BCUT2D eigenvalue weighted by Gasteiger charge is 2.19. The topological polar surface area (TPSA) is 78.9 Å². The lowest BCUT2D eigenvalue weighted by Crippen LogP contribution is -2.30. The maximum absolute atomic E-state index is 12.8. The van der Waals surface area contributed by atoms with E-state index >= 15 is 0 Å². The number of ether oxygens (including phenoxy) is 3. The van der Waals surface area contributed by atoms with E-state index in [9.17, 15) is 14.4 Å². The van der Waals surface area contributed by atoms with Crippen LogP contribution < -0.4 is 0 Å². The average molecular weight is 1050 g/mol. The number of hydrogen-bond donors (Lipinski definition) is 0. The highest BCUT2D eigenvalue weighted by Crippen LogP contribution is 2.14. The Morgan fingerprint density at radius 2 is 0.513 bits per heavy atom. The summed E-state index contributed by atoms with van der Waals surface area (Å²) in [4.78, 5) is 37.8. The molecule has 0 saturated heterocycles. The Kier molecular flexibility index (Phi) is 59.4. The molecule has 0 aliphatic carbocycles. The molecule has 0 amide bonds. The second-order valence-corrected chi connectivity index (χ2v) is 20.2. The van der Waals surface area contributed by atoms with Crippen molar-refractivity contribution in [1.29, 1.82) is 0 Å². The molecule has 1 atom stereocenters. The fourth-order valence-electron chi connectivity index (χ4n) is 8.23. The zero-order chi connectivity index (χ0) is 55.0. The SMILES string of the molecule is CC/C=C\C/C=C\C/C=C\C/C=C\C/C=C\C/C=C\C/C=C\C/C=C\C/C=C\C/C=C\CCCCCCC(=O)OCC(COC(=O)CCCCCCC)OC(=O)CCCCCCCCC/C=C\CCCCCCCCC. The number of carbonyl (C=O) groups excluding carboxylic acids is 3. The minimum absolute atomic E-state index is 0.0907. The zero-order valence-electron chi connectivity index (χ0n) is 49.2. The summed E-state index contributed by atoms with van der Waals surface area (Å²) in [6, 6.07) is 0. The Morgan fingerprint density at radius 3 is 0.816 bits per heavy atom. The van der Waals surface area contributed by atoms with Crippen LogP contribution in [-0.4, -0.2) is 37.2 Å². The van der Waals surface area contributed by atoms with Gasteiger partial charge in [0.05, 0.1) is 0 Å². The van der Waals surface area contributed by atoms with Gasteiger partial charge in [-0.25, -0.2) is 0 Å². The van der Waals surface area contributed by atoms with Gasteiger partial charge in [-0.05, 0) is 122 Å². The predicted molar refractivity (Wildman–Crippen MR) is 329 cm³/mol. The first-order chi connectivity index (χ1) is 37.5. The highest BCUT2D eigenvalue weighted by molar-refractivity contribution is 5.71. The first-order valence-electron chi connectivity index (χ1n) is 31.2. The van der Waals surface area contributed by atoms with Crippen molar-refractivity contribution in [3.8, 4) is 0 Å². The smallest absolute Gasteiger partial charge is 0.306 e. The van der Waals surface area contributed by atoms with Gasteiger partial charge in [0.2, 0.25) is 0 Å². The number of rotatable bonds is 55. The summed E-state index contributed by atoms with van der Waals surface area (Å²) in [5, 5.41) is 0. The van der Waals surface area contributed by atoms with Crippen LogP contribution in [0.25, 0.3) is 0 Å². The van der Waals surface area contributed by atoms with Gasteiger partial charge >= 0.3 is 17.9 Å². The van der Waals surface area contributed by atoms with Crippen molar-refractivity contribution in [2.24, 2.45) is 0 Å². The summed E-state index contributed by atoms with van der Waals surface area (Å²) >= 11 is 0. The molecule has 0 radical (unpaired) electrons. The minimum atomic E-state index is -0.791. The van der Waals surface area contributed by atoms with E-state index < -0.39 is 6.10 Å². The maximum atomic E-state index is 12.8. The number of unbranched alkanes of at least 4 members (excludes halogenated alkanes) is 22. The van der Waals surface area contributed by atoms with Crippen molar-refractivity contribution in [1.82, 2.24) is 0 Å². The van der Waals surface area contributed by atoms with Gasteiger partial charge in [-0.15, -0.1) is 0 Å². The predicted octanol–water partition coefficient (Wildman–Crippen LogP) is 21.4. The van der Waals surface area contributed by atoms with Gasteiger partial charge in [-0.2, -0.15) is 0 Å². The van der Waals surface area contributed by atoms with Crippen molar-refractivity contribution in [2.45, 2.75) is 277 Å². The van der Waals surface area contributed by atoms with Gasteiger partial charge in [0, 0.05) is 19.3 Å². The fourth-order valence-corrected chi connectivity index (χ4v) is 8.23. The number of allylic oxidation sites excluding steroid dienone is 22. The van der Waals surface area contributed by atoms with Gasteiger partial charge in [-0.3, -0.25) is 14.4 Å². The molecule has 0 aromatic heterocycles. The van der Waals surface area contributed by atoms with Gasteiger partial charge in [0.1, 0.15) is 13.2 Å². The molecule has 6 nitrogen and oxygen atoms in total. The van der Waals surface area contributed by atoms with E-state index in [1.807, 2.05) is 0 Å². The molecule has 0 N–H and O–H groups in total. The van der Waals surface area contributed by atoms with E-state index in [0.717, 1.165) is 148 Å². The van der Waals surface area contributed by atoms with Gasteiger partial charge in [0.15, 0.2) is 6.10 Å². The molecule has 76 heavy (non-hydrogen) atoms. The molecular weight excluding hydrogens is 937 g/mol. The highest BCUT2D eigenvalue weighted by atomic mass is 16.6. The van der Waals surface area contributed by atoms with Crippen molar-refractivity contribution in [3.63, 3.8) is 0 Å². The normalized spacial score (nSPS) is 13.0. The largest absolute Gasteiger partial charge is 0.462 e. The van der Waals surface area contributed by atoms with E-state index in [2.05, 4.69) is 154 Å². The summed E-state index contributed by atoms with van der Waals surface area (Å²) in [6.45, 7) is 6.41. The van der Waals surface area contributed by atoms with Crippen LogP contribution in [0.3, 0.4) is 0 Å². The zero-order valence-corrected chi connectivity index (χ0v) is 49.2. The van der Waals surface area contributed by atoms with Crippen LogP contribution in [0.15, 0.2) is 134 Å². The van der Waals surface area contributed by atoms with Crippen molar-refractivity contribution in [2.75, 3.05) is 13.2 Å². The summed E-state index contributed by atoms with van der Waals surface area (Å²) < 4.78 is 16.7. The van der Waals surface area contributed by atoms with Crippen LogP contribution in [0.1, 0.15) is 271 Å². The minimum Gasteiger partial charge on any atom is -0.462 e. The van der Waals surface area contributed by atoms with Crippen LogP contribution >= 0.6 is 0 Å². The molecule has 0 heterocycles. The molecule has 0 fully saturated rings. The molecule has 6 heteroatoms. The Bertz CT molecular complexity index is 1630. The molecule has 0 aromatic rings. The van der Waals surface area contributed by atoms with Crippen molar-refractivity contribution < 1.29 is 28.6 Å². The molecule has 0 aliphatic heterocycles. The third-order valence-electron chi connectivity index (χ3n) is 12.9. The quantitative estimate of drug-likeness (QED) is 0.0261. The Hall–Kier alpha value is -4.45. The van der Waals surface area contributed by atoms with Crippen LogP contribution in [-0.2, 0) is 28.6 Å². The lowest BCUT2D eigenvalue weighted by Gasteiger charge is -2.18. The summed E-state index contributed by atoms with van der Waals surface area (Å²) in [5.74, 6) is -0.936. The lowest BCUT2D eigenvalue weighted by atomic mass is 10.1. The third kappa shape index (κ3) is 60.4. The Balaban J connectivity index is 4.14. The van der Waals surface area contributed by atoms with E-state index in [-0.39, 0.29) is 31.1 Å². The van der Waals surface area contributed by atoms with E-state index in [4.69, 9.17) is 14.2 Å². The van der Waals surface area contributed by atoms with E-state index in [0.29, 0.717) is 19.3 Å². The fraction of sp³-hybridized carbons (Fsp3) is 0.643. The molecule has 0 saturated carbocycles. The molecule has 0 aliphatic rings. The van der Waals surface area contributed by atoms with Crippen molar-refractivity contribution >= 4 is 17.9 Å². The maximum Gasteiger partial charge on any atom is 0.306 e.